The number of carbonyl (C=O) groups excluding carboxylic acids is 2. The Kier molecular flexibility index (Phi) is 4.82. The molecule has 3 heterocycles. The van der Waals surface area contributed by atoms with Gasteiger partial charge in [0.2, 0.25) is 10.9 Å². The number of benzene rings is 2. The normalized spacial score (nSPS) is 14.6. The minimum atomic E-state index is -0.649. The minimum absolute atomic E-state index is 0.202. The number of anilines is 1. The zero-order valence-corrected chi connectivity index (χ0v) is 18.4. The van der Waals surface area contributed by atoms with Crippen molar-refractivity contribution in [1.29, 1.82) is 0 Å². The van der Waals surface area contributed by atoms with Gasteiger partial charge in [0.1, 0.15) is 11.1 Å². The number of hydrogen-bond donors (Lipinski definition) is 1. The number of nitrogens with zero attached hydrogens (tertiary/aromatic N) is 4. The van der Waals surface area contributed by atoms with Crippen LogP contribution < -0.4 is 30.2 Å². The number of rotatable bonds is 5. The first-order valence-corrected chi connectivity index (χ1v) is 10.6. The topological polar surface area (TPSA) is 129 Å². The SMILES string of the molecule is COc1ccc(-c2nc3s/c(=C4\C(=O)N(CC(N)=O)c5ccccc54)c(=O)n3n2)cc1OC. The Hall–Kier alpha value is -4.25. The Labute approximate surface area is 190 Å². The van der Waals surface area contributed by atoms with E-state index in [1.807, 2.05) is 0 Å². The van der Waals surface area contributed by atoms with Crippen LogP contribution >= 0.6 is 11.3 Å². The highest BCUT2D eigenvalue weighted by Gasteiger charge is 2.35. The van der Waals surface area contributed by atoms with E-state index < -0.39 is 17.4 Å². The lowest BCUT2D eigenvalue weighted by Crippen LogP contribution is -2.37. The second kappa shape index (κ2) is 7.71. The molecule has 33 heavy (non-hydrogen) atoms. The van der Waals surface area contributed by atoms with Crippen molar-refractivity contribution in [2.24, 2.45) is 5.73 Å². The summed E-state index contributed by atoms with van der Waals surface area (Å²) >= 11 is 1.06. The van der Waals surface area contributed by atoms with E-state index in [0.717, 1.165) is 11.3 Å². The van der Waals surface area contributed by atoms with E-state index >= 15 is 0 Å². The standard InChI is InChI=1S/C22H17N5O5S/c1-31-14-8-7-11(9-15(14)32-2)19-24-22-27(25-19)21(30)18(33-22)17-12-5-3-4-6-13(12)26(20(17)29)10-16(23)28/h3-9H,10H2,1-2H3,(H2,23,28)/b18-17-. The van der Waals surface area contributed by atoms with E-state index in [9.17, 15) is 14.4 Å². The summed E-state index contributed by atoms with van der Waals surface area (Å²) in [5.74, 6) is 0.295. The van der Waals surface area contributed by atoms with Crippen molar-refractivity contribution in [3.05, 3.63) is 62.9 Å². The van der Waals surface area contributed by atoms with E-state index in [-0.39, 0.29) is 16.7 Å². The van der Waals surface area contributed by atoms with Crippen LogP contribution in [0, 0.1) is 0 Å². The molecule has 0 saturated heterocycles. The summed E-state index contributed by atoms with van der Waals surface area (Å²) in [6.07, 6.45) is 0. The molecule has 4 aromatic rings. The Balaban J connectivity index is 1.66. The van der Waals surface area contributed by atoms with Crippen molar-refractivity contribution >= 4 is 39.4 Å². The summed E-state index contributed by atoms with van der Waals surface area (Å²) in [5, 5.41) is 4.35. The van der Waals surface area contributed by atoms with Gasteiger partial charge in [0.25, 0.3) is 11.5 Å². The third-order valence-corrected chi connectivity index (χ3v) is 6.29. The van der Waals surface area contributed by atoms with E-state index in [1.165, 1.54) is 23.6 Å². The quantitative estimate of drug-likeness (QED) is 0.458. The van der Waals surface area contributed by atoms with Gasteiger partial charge in [-0.25, -0.2) is 0 Å². The van der Waals surface area contributed by atoms with Crippen LogP contribution in [0.4, 0.5) is 5.69 Å². The van der Waals surface area contributed by atoms with Crippen molar-refractivity contribution in [2.45, 2.75) is 0 Å². The molecule has 1 aliphatic heterocycles. The molecule has 2 aromatic heterocycles. The molecular weight excluding hydrogens is 446 g/mol. The molecular formula is C22H17N5O5S. The van der Waals surface area contributed by atoms with Crippen LogP contribution in [0.3, 0.4) is 0 Å². The molecule has 0 atom stereocenters. The van der Waals surface area contributed by atoms with Crippen LogP contribution in [0.15, 0.2) is 47.3 Å². The van der Waals surface area contributed by atoms with E-state index in [2.05, 4.69) is 10.1 Å². The number of aromatic nitrogens is 3. The van der Waals surface area contributed by atoms with Gasteiger partial charge in [0.15, 0.2) is 17.3 Å². The highest BCUT2D eigenvalue weighted by atomic mass is 32.1. The zero-order chi connectivity index (χ0) is 23.3. The number of hydrogen-bond acceptors (Lipinski definition) is 8. The van der Waals surface area contributed by atoms with Crippen molar-refractivity contribution in [3.8, 4) is 22.9 Å². The predicted molar refractivity (Wildman–Crippen MR) is 121 cm³/mol. The summed E-state index contributed by atoms with van der Waals surface area (Å²) in [7, 11) is 3.07. The molecule has 0 bridgehead atoms. The number of fused-ring (bicyclic) bond motifs is 2. The molecule has 10 nitrogen and oxygen atoms in total. The van der Waals surface area contributed by atoms with Crippen LogP contribution in [0.1, 0.15) is 5.56 Å². The van der Waals surface area contributed by atoms with Gasteiger partial charge in [0, 0.05) is 11.1 Å². The van der Waals surface area contributed by atoms with Crippen LogP contribution in [0.5, 0.6) is 11.5 Å². The van der Waals surface area contributed by atoms with E-state index in [0.29, 0.717) is 39.1 Å². The number of carbonyl (C=O) groups is 2. The van der Waals surface area contributed by atoms with Gasteiger partial charge in [-0.3, -0.25) is 19.3 Å². The second-order valence-electron chi connectivity index (χ2n) is 7.19. The summed E-state index contributed by atoms with van der Waals surface area (Å²) in [6.45, 7) is -0.280. The molecule has 0 radical (unpaired) electrons. The number of amides is 2. The van der Waals surface area contributed by atoms with Crippen molar-refractivity contribution in [3.63, 3.8) is 0 Å². The maximum Gasteiger partial charge on any atom is 0.291 e. The molecule has 0 saturated carbocycles. The summed E-state index contributed by atoms with van der Waals surface area (Å²) in [6, 6.07) is 12.2. The smallest absolute Gasteiger partial charge is 0.291 e. The van der Waals surface area contributed by atoms with Gasteiger partial charge in [0.05, 0.1) is 25.5 Å². The Morgan fingerprint density at radius 2 is 1.85 bits per heavy atom. The number of thiazole rings is 1. The Morgan fingerprint density at radius 3 is 2.55 bits per heavy atom. The van der Waals surface area contributed by atoms with Gasteiger partial charge < -0.3 is 15.2 Å². The molecule has 5 rings (SSSR count). The Bertz CT molecular complexity index is 1560. The largest absolute Gasteiger partial charge is 0.493 e. The third-order valence-electron chi connectivity index (χ3n) is 5.26. The first-order chi connectivity index (χ1) is 15.9. The number of ether oxygens (including phenoxy) is 2. The fourth-order valence-electron chi connectivity index (χ4n) is 3.80. The molecule has 0 spiro atoms. The van der Waals surface area contributed by atoms with Crippen LogP contribution in [0.2, 0.25) is 0 Å². The molecule has 11 heteroatoms. The third kappa shape index (κ3) is 3.21. The summed E-state index contributed by atoms with van der Waals surface area (Å²) in [4.78, 5) is 43.9. The average Bonchev–Trinajstić information content (AvgIpc) is 3.44. The zero-order valence-electron chi connectivity index (χ0n) is 17.6. The van der Waals surface area contributed by atoms with E-state index in [1.54, 1.807) is 42.5 Å². The maximum absolute atomic E-state index is 13.2. The fourth-order valence-corrected chi connectivity index (χ4v) is 4.79. The highest BCUT2D eigenvalue weighted by Crippen LogP contribution is 2.35. The lowest BCUT2D eigenvalue weighted by Gasteiger charge is -2.14. The molecule has 2 amide bonds. The number of methoxy groups -OCH3 is 2. The average molecular weight is 463 g/mol. The molecule has 1 aliphatic rings. The molecule has 2 aromatic carbocycles. The first-order valence-electron chi connectivity index (χ1n) is 9.78. The van der Waals surface area contributed by atoms with Gasteiger partial charge in [-0.2, -0.15) is 9.50 Å². The lowest BCUT2D eigenvalue weighted by atomic mass is 10.1. The van der Waals surface area contributed by atoms with Crippen molar-refractivity contribution in [1.82, 2.24) is 14.6 Å². The Morgan fingerprint density at radius 1 is 1.09 bits per heavy atom. The van der Waals surface area contributed by atoms with Crippen LogP contribution in [0.25, 0.3) is 21.9 Å². The number of primary amides is 1. The first kappa shape index (κ1) is 20.6. The van der Waals surface area contributed by atoms with Gasteiger partial charge in [-0.15, -0.1) is 5.10 Å². The van der Waals surface area contributed by atoms with Crippen molar-refractivity contribution in [2.75, 3.05) is 25.7 Å². The highest BCUT2D eigenvalue weighted by molar-refractivity contribution is 7.15. The minimum Gasteiger partial charge on any atom is -0.493 e. The lowest BCUT2D eigenvalue weighted by molar-refractivity contribution is -0.119. The molecule has 0 fully saturated rings. The maximum atomic E-state index is 13.2. The molecule has 2 N–H and O–H groups in total. The monoisotopic (exact) mass is 463 g/mol. The van der Waals surface area contributed by atoms with Crippen molar-refractivity contribution < 1.29 is 19.1 Å². The molecule has 166 valence electrons. The van der Waals surface area contributed by atoms with Crippen LogP contribution in [-0.4, -0.2) is 47.2 Å². The van der Waals surface area contributed by atoms with E-state index in [4.69, 9.17) is 15.2 Å². The fraction of sp³-hybridized carbons (Fsp3) is 0.136. The number of para-hydroxylation sites is 1. The summed E-state index contributed by atoms with van der Waals surface area (Å²) < 4.78 is 11.9. The summed E-state index contributed by atoms with van der Waals surface area (Å²) in [5.41, 5.74) is 6.80. The van der Waals surface area contributed by atoms with Gasteiger partial charge in [-0.1, -0.05) is 29.5 Å². The predicted octanol–water partition coefficient (Wildman–Crippen LogP) is 0.585. The number of nitrogens with two attached hydrogens (primary N) is 1. The van der Waals surface area contributed by atoms with Crippen LogP contribution in [-0.2, 0) is 9.59 Å². The second-order valence-corrected chi connectivity index (χ2v) is 8.16. The molecule has 0 unspecified atom stereocenters. The van der Waals surface area contributed by atoms with Gasteiger partial charge in [-0.05, 0) is 24.3 Å². The molecule has 0 aliphatic carbocycles. The van der Waals surface area contributed by atoms with Gasteiger partial charge >= 0.3 is 0 Å².